The zero-order valence-corrected chi connectivity index (χ0v) is 11.9. The highest BCUT2D eigenvalue weighted by molar-refractivity contribution is 4.70. The van der Waals surface area contributed by atoms with Crippen molar-refractivity contribution in [3.8, 4) is 0 Å². The smallest absolute Gasteiger partial charge is 0.0591 e. The van der Waals surface area contributed by atoms with Gasteiger partial charge in [0.05, 0.1) is 6.61 Å². The van der Waals surface area contributed by atoms with E-state index < -0.39 is 0 Å². The molecule has 1 aliphatic heterocycles. The van der Waals surface area contributed by atoms with Gasteiger partial charge in [-0.1, -0.05) is 20.3 Å². The molecule has 0 aliphatic carbocycles. The Morgan fingerprint density at radius 2 is 1.82 bits per heavy atom. The van der Waals surface area contributed by atoms with Gasteiger partial charge in [0.1, 0.15) is 0 Å². The van der Waals surface area contributed by atoms with E-state index in [4.69, 9.17) is 4.74 Å². The third kappa shape index (κ3) is 7.74. The molecular formula is C14H30N2O. The molecule has 102 valence electrons. The first kappa shape index (κ1) is 14.9. The number of piperidine rings is 1. The number of nitrogens with zero attached hydrogens (tertiary/aromatic N) is 1. The van der Waals surface area contributed by atoms with E-state index in [1.807, 2.05) is 0 Å². The molecule has 3 nitrogen and oxygen atoms in total. The number of hydrogen-bond donors (Lipinski definition) is 1. The zero-order chi connectivity index (χ0) is 12.5. The Labute approximate surface area is 107 Å². The summed E-state index contributed by atoms with van der Waals surface area (Å²) in [5.74, 6) is 0.640. The molecule has 0 aromatic rings. The summed E-state index contributed by atoms with van der Waals surface area (Å²) in [5, 5.41) is 3.54. The van der Waals surface area contributed by atoms with Gasteiger partial charge >= 0.3 is 0 Å². The van der Waals surface area contributed by atoms with Gasteiger partial charge in [0, 0.05) is 25.7 Å². The number of nitrogens with one attached hydrogen (secondary N) is 1. The fourth-order valence-corrected chi connectivity index (χ4v) is 2.29. The molecule has 1 unspecified atom stereocenters. The summed E-state index contributed by atoms with van der Waals surface area (Å²) in [6, 6.07) is 0.579. The van der Waals surface area contributed by atoms with Crippen LogP contribution in [0.25, 0.3) is 0 Å². The van der Waals surface area contributed by atoms with Crippen molar-refractivity contribution in [2.24, 2.45) is 5.92 Å². The normalized spacial score (nSPS) is 19.8. The highest BCUT2D eigenvalue weighted by Crippen LogP contribution is 2.08. The van der Waals surface area contributed by atoms with Crippen LogP contribution in [0, 0.1) is 5.92 Å². The van der Waals surface area contributed by atoms with Crippen LogP contribution in [0.4, 0.5) is 0 Å². The Bertz CT molecular complexity index is 179. The second kappa shape index (κ2) is 8.90. The Hall–Kier alpha value is -0.120. The van der Waals surface area contributed by atoms with Gasteiger partial charge in [0.25, 0.3) is 0 Å². The summed E-state index contributed by atoms with van der Waals surface area (Å²) >= 11 is 0. The summed E-state index contributed by atoms with van der Waals surface area (Å²) in [7, 11) is 0. The van der Waals surface area contributed by atoms with E-state index in [2.05, 4.69) is 31.0 Å². The predicted molar refractivity (Wildman–Crippen MR) is 73.4 cm³/mol. The van der Waals surface area contributed by atoms with Crippen LogP contribution in [0.2, 0.25) is 0 Å². The van der Waals surface area contributed by atoms with Crippen LogP contribution in [0.3, 0.4) is 0 Å². The maximum absolute atomic E-state index is 5.56. The van der Waals surface area contributed by atoms with Crippen LogP contribution in [0.1, 0.15) is 40.0 Å². The van der Waals surface area contributed by atoms with Crippen molar-refractivity contribution in [3.63, 3.8) is 0 Å². The van der Waals surface area contributed by atoms with Gasteiger partial charge in [-0.05, 0) is 38.8 Å². The molecule has 0 spiro atoms. The Kier molecular flexibility index (Phi) is 7.82. The second-order valence-corrected chi connectivity index (χ2v) is 5.69. The van der Waals surface area contributed by atoms with E-state index in [0.717, 1.165) is 19.8 Å². The number of hydrogen-bond acceptors (Lipinski definition) is 3. The Balaban J connectivity index is 1.95. The molecular weight excluding hydrogens is 212 g/mol. The van der Waals surface area contributed by atoms with E-state index in [1.165, 1.54) is 38.9 Å². The molecule has 0 radical (unpaired) electrons. The third-order valence-corrected chi connectivity index (χ3v) is 3.17. The maximum atomic E-state index is 5.56. The SMILES string of the molecule is CC(C)COCCNC(C)CN1CCCCC1. The number of rotatable bonds is 8. The molecule has 3 heteroatoms. The largest absolute Gasteiger partial charge is 0.380 e. The van der Waals surface area contributed by atoms with Gasteiger partial charge in [-0.15, -0.1) is 0 Å². The minimum Gasteiger partial charge on any atom is -0.380 e. The molecule has 1 atom stereocenters. The molecule has 0 amide bonds. The van der Waals surface area contributed by atoms with Crippen LogP contribution < -0.4 is 5.32 Å². The van der Waals surface area contributed by atoms with Crippen molar-refractivity contribution in [2.75, 3.05) is 39.4 Å². The maximum Gasteiger partial charge on any atom is 0.0591 e. The van der Waals surface area contributed by atoms with Crippen molar-refractivity contribution in [1.82, 2.24) is 10.2 Å². The monoisotopic (exact) mass is 242 g/mol. The summed E-state index contributed by atoms with van der Waals surface area (Å²) in [6.45, 7) is 13.1. The lowest BCUT2D eigenvalue weighted by Crippen LogP contribution is -2.42. The van der Waals surface area contributed by atoms with E-state index in [9.17, 15) is 0 Å². The van der Waals surface area contributed by atoms with E-state index >= 15 is 0 Å². The van der Waals surface area contributed by atoms with Gasteiger partial charge in [0.2, 0.25) is 0 Å². The topological polar surface area (TPSA) is 24.5 Å². The van der Waals surface area contributed by atoms with Crippen molar-refractivity contribution < 1.29 is 4.74 Å². The molecule has 1 rings (SSSR count). The first-order valence-corrected chi connectivity index (χ1v) is 7.22. The van der Waals surface area contributed by atoms with Crippen LogP contribution in [-0.2, 0) is 4.74 Å². The summed E-state index contributed by atoms with van der Waals surface area (Å²) in [5.41, 5.74) is 0. The van der Waals surface area contributed by atoms with Crippen LogP contribution >= 0.6 is 0 Å². The van der Waals surface area contributed by atoms with Crippen molar-refractivity contribution in [2.45, 2.75) is 46.1 Å². The molecule has 0 aromatic heterocycles. The number of likely N-dealkylation sites (tertiary alicyclic amines) is 1. The molecule has 0 aromatic carbocycles. The summed E-state index contributed by atoms with van der Waals surface area (Å²) < 4.78 is 5.56. The summed E-state index contributed by atoms with van der Waals surface area (Å²) in [6.07, 6.45) is 4.18. The van der Waals surface area contributed by atoms with Crippen LogP contribution in [-0.4, -0.2) is 50.3 Å². The number of ether oxygens (including phenoxy) is 1. The summed E-state index contributed by atoms with van der Waals surface area (Å²) in [4.78, 5) is 2.58. The average Bonchev–Trinajstić information content (AvgIpc) is 2.29. The van der Waals surface area contributed by atoms with Gasteiger partial charge in [-0.2, -0.15) is 0 Å². The second-order valence-electron chi connectivity index (χ2n) is 5.69. The average molecular weight is 242 g/mol. The van der Waals surface area contributed by atoms with Crippen LogP contribution in [0.5, 0.6) is 0 Å². The highest BCUT2D eigenvalue weighted by atomic mass is 16.5. The minimum atomic E-state index is 0.579. The molecule has 1 N–H and O–H groups in total. The fourth-order valence-electron chi connectivity index (χ4n) is 2.29. The lowest BCUT2D eigenvalue weighted by Gasteiger charge is -2.29. The first-order chi connectivity index (χ1) is 8.18. The van der Waals surface area contributed by atoms with Gasteiger partial charge in [-0.25, -0.2) is 0 Å². The molecule has 17 heavy (non-hydrogen) atoms. The van der Waals surface area contributed by atoms with Crippen molar-refractivity contribution >= 4 is 0 Å². The molecule has 1 fully saturated rings. The zero-order valence-electron chi connectivity index (χ0n) is 11.9. The van der Waals surface area contributed by atoms with E-state index in [-0.39, 0.29) is 0 Å². The first-order valence-electron chi connectivity index (χ1n) is 7.22. The molecule has 1 saturated heterocycles. The quantitative estimate of drug-likeness (QED) is 0.660. The molecule has 1 aliphatic rings. The lowest BCUT2D eigenvalue weighted by atomic mass is 10.1. The Morgan fingerprint density at radius 1 is 1.12 bits per heavy atom. The van der Waals surface area contributed by atoms with Gasteiger partial charge < -0.3 is 15.0 Å². The predicted octanol–water partition coefficient (Wildman–Crippen LogP) is 2.12. The van der Waals surface area contributed by atoms with Gasteiger partial charge in [-0.3, -0.25) is 0 Å². The van der Waals surface area contributed by atoms with E-state index in [0.29, 0.717) is 12.0 Å². The highest BCUT2D eigenvalue weighted by Gasteiger charge is 2.12. The third-order valence-electron chi connectivity index (χ3n) is 3.17. The molecule has 0 bridgehead atoms. The standard InChI is InChI=1S/C14H30N2O/c1-13(2)12-17-10-7-15-14(3)11-16-8-5-4-6-9-16/h13-15H,4-12H2,1-3H3. The lowest BCUT2D eigenvalue weighted by molar-refractivity contribution is 0.108. The van der Waals surface area contributed by atoms with Gasteiger partial charge in [0.15, 0.2) is 0 Å². The van der Waals surface area contributed by atoms with Crippen molar-refractivity contribution in [1.29, 1.82) is 0 Å². The minimum absolute atomic E-state index is 0.579. The Morgan fingerprint density at radius 3 is 2.47 bits per heavy atom. The van der Waals surface area contributed by atoms with Crippen LogP contribution in [0.15, 0.2) is 0 Å². The molecule has 0 saturated carbocycles. The van der Waals surface area contributed by atoms with E-state index in [1.54, 1.807) is 0 Å². The van der Waals surface area contributed by atoms with Crippen molar-refractivity contribution in [3.05, 3.63) is 0 Å². The fraction of sp³-hybridized carbons (Fsp3) is 1.00. The molecule has 1 heterocycles.